The van der Waals surface area contributed by atoms with Crippen LogP contribution in [0.2, 0.25) is 0 Å². The van der Waals surface area contributed by atoms with Crippen molar-refractivity contribution >= 4 is 22.8 Å². The largest absolute Gasteiger partial charge is 0.439 e. The second-order valence-corrected chi connectivity index (χ2v) is 8.18. The van der Waals surface area contributed by atoms with Crippen molar-refractivity contribution in [1.29, 1.82) is 0 Å². The Morgan fingerprint density at radius 2 is 1.74 bits per heavy atom. The van der Waals surface area contributed by atoms with Crippen molar-refractivity contribution in [3.8, 4) is 23.0 Å². The number of ether oxygens (including phenoxy) is 1. The highest BCUT2D eigenvalue weighted by Crippen LogP contribution is 2.32. The van der Waals surface area contributed by atoms with Crippen LogP contribution in [0.4, 0.5) is 18.9 Å². The van der Waals surface area contributed by atoms with Gasteiger partial charge >= 0.3 is 6.18 Å². The molecule has 0 radical (unpaired) electrons. The zero-order valence-corrected chi connectivity index (χ0v) is 19.7. The van der Waals surface area contributed by atoms with Crippen LogP contribution in [0.25, 0.3) is 22.3 Å². The third kappa shape index (κ3) is 5.49. The topological polar surface area (TPSA) is 113 Å². The summed E-state index contributed by atoms with van der Waals surface area (Å²) in [6.07, 6.45) is -2.13. The zero-order valence-electron chi connectivity index (χ0n) is 19.7. The minimum Gasteiger partial charge on any atom is -0.439 e. The number of hydrogen-bond acceptors (Lipinski definition) is 7. The van der Waals surface area contributed by atoms with Crippen LogP contribution in [0.3, 0.4) is 0 Å². The van der Waals surface area contributed by atoms with Crippen LogP contribution in [-0.2, 0) is 6.18 Å². The number of rotatable bonds is 6. The molecule has 2 heterocycles. The van der Waals surface area contributed by atoms with E-state index in [2.05, 4.69) is 15.1 Å². The Bertz CT molecular complexity index is 1770. The van der Waals surface area contributed by atoms with Gasteiger partial charge in [-0.25, -0.2) is 9.97 Å². The standard InChI is InChI=1S/C27H16F3N5O4/c28-27(29,30)19-5-3-4-18(14-19)25-33-23-7-2-1-6-22(23)26(36)34(25)32-15-17-8-11-21(12-9-17)39-24-13-10-20(16-31-24)35(37)38/h1-16H. The minimum absolute atomic E-state index is 0.0507. The summed E-state index contributed by atoms with van der Waals surface area (Å²) in [6.45, 7) is 0. The molecule has 3 aromatic carbocycles. The zero-order chi connectivity index (χ0) is 27.6. The molecule has 2 aromatic heterocycles. The van der Waals surface area contributed by atoms with Crippen LogP contribution < -0.4 is 10.3 Å². The van der Waals surface area contributed by atoms with Crippen LogP contribution >= 0.6 is 0 Å². The lowest BCUT2D eigenvalue weighted by Gasteiger charge is -2.12. The minimum atomic E-state index is -4.57. The van der Waals surface area contributed by atoms with Gasteiger partial charge in [0.25, 0.3) is 11.2 Å². The Hall–Kier alpha value is -5.39. The molecule has 0 saturated heterocycles. The van der Waals surface area contributed by atoms with Crippen molar-refractivity contribution in [1.82, 2.24) is 14.6 Å². The van der Waals surface area contributed by atoms with Gasteiger partial charge in [-0.1, -0.05) is 24.3 Å². The first-order valence-electron chi connectivity index (χ1n) is 11.3. The molecule has 9 nitrogen and oxygen atoms in total. The number of alkyl halides is 3. The van der Waals surface area contributed by atoms with Crippen molar-refractivity contribution in [3.63, 3.8) is 0 Å². The number of nitro groups is 1. The van der Waals surface area contributed by atoms with Crippen molar-refractivity contribution in [2.45, 2.75) is 6.18 Å². The summed E-state index contributed by atoms with van der Waals surface area (Å²) in [4.78, 5) is 31.8. The molecule has 0 aliphatic carbocycles. The normalized spacial score (nSPS) is 11.7. The SMILES string of the molecule is O=c1c2ccccc2nc(-c2cccc(C(F)(F)F)c2)n1N=Cc1ccc(Oc2ccc([N+](=O)[O-])cn2)cc1. The average molecular weight is 531 g/mol. The molecule has 12 heteroatoms. The maximum atomic E-state index is 13.3. The maximum absolute atomic E-state index is 13.3. The Morgan fingerprint density at radius 3 is 2.44 bits per heavy atom. The van der Waals surface area contributed by atoms with E-state index in [1.54, 1.807) is 48.5 Å². The first kappa shape index (κ1) is 25.3. The van der Waals surface area contributed by atoms with E-state index in [1.165, 1.54) is 30.5 Å². The molecule has 0 bridgehead atoms. The van der Waals surface area contributed by atoms with E-state index in [0.29, 0.717) is 16.8 Å². The lowest BCUT2D eigenvalue weighted by molar-refractivity contribution is -0.385. The van der Waals surface area contributed by atoms with Crippen LogP contribution in [0.15, 0.2) is 101 Å². The van der Waals surface area contributed by atoms with Crippen molar-refractivity contribution < 1.29 is 22.8 Å². The lowest BCUT2D eigenvalue weighted by Crippen LogP contribution is -2.20. The number of halogens is 3. The van der Waals surface area contributed by atoms with Crippen LogP contribution in [0.1, 0.15) is 11.1 Å². The number of nitrogens with zero attached hydrogens (tertiary/aromatic N) is 5. The van der Waals surface area contributed by atoms with E-state index in [1.807, 2.05) is 0 Å². The van der Waals surface area contributed by atoms with Crippen LogP contribution in [0, 0.1) is 10.1 Å². The van der Waals surface area contributed by atoms with Gasteiger partial charge in [-0.3, -0.25) is 14.9 Å². The molecular weight excluding hydrogens is 515 g/mol. The summed E-state index contributed by atoms with van der Waals surface area (Å²) in [7, 11) is 0. The van der Waals surface area contributed by atoms with E-state index >= 15 is 0 Å². The average Bonchev–Trinajstić information content (AvgIpc) is 2.93. The summed E-state index contributed by atoms with van der Waals surface area (Å²) in [6, 6.07) is 20.1. The van der Waals surface area contributed by atoms with E-state index in [0.717, 1.165) is 23.0 Å². The number of pyridine rings is 1. The molecule has 5 aromatic rings. The van der Waals surface area contributed by atoms with Gasteiger partial charge in [-0.15, -0.1) is 0 Å². The highest BCUT2D eigenvalue weighted by atomic mass is 19.4. The fraction of sp³-hybridized carbons (Fsp3) is 0.0370. The summed E-state index contributed by atoms with van der Waals surface area (Å²) in [5.74, 6) is 0.495. The molecule has 0 spiro atoms. The third-order valence-corrected chi connectivity index (χ3v) is 5.56. The van der Waals surface area contributed by atoms with Gasteiger partial charge in [0, 0.05) is 17.7 Å². The lowest BCUT2D eigenvalue weighted by atomic mass is 10.1. The predicted octanol–water partition coefficient (Wildman–Crippen LogP) is 6.06. The predicted molar refractivity (Wildman–Crippen MR) is 137 cm³/mol. The number of hydrogen-bond donors (Lipinski definition) is 0. The Balaban J connectivity index is 1.48. The highest BCUT2D eigenvalue weighted by molar-refractivity contribution is 5.82. The number of fused-ring (bicyclic) bond motifs is 1. The molecule has 39 heavy (non-hydrogen) atoms. The molecule has 0 amide bonds. The summed E-state index contributed by atoms with van der Waals surface area (Å²) in [5, 5.41) is 15.3. The van der Waals surface area contributed by atoms with Gasteiger partial charge in [-0.2, -0.15) is 22.9 Å². The molecule has 0 N–H and O–H groups in total. The molecular formula is C27H16F3N5O4. The van der Waals surface area contributed by atoms with E-state index in [4.69, 9.17) is 4.74 Å². The first-order chi connectivity index (χ1) is 18.7. The molecule has 0 saturated carbocycles. The van der Waals surface area contributed by atoms with Crippen molar-refractivity contribution in [3.05, 3.63) is 123 Å². The smallest absolute Gasteiger partial charge is 0.416 e. The van der Waals surface area contributed by atoms with Gasteiger partial charge < -0.3 is 4.74 Å². The van der Waals surface area contributed by atoms with Crippen molar-refractivity contribution in [2.24, 2.45) is 5.10 Å². The number of aromatic nitrogens is 3. The summed E-state index contributed by atoms with van der Waals surface area (Å²) < 4.78 is 46.6. The van der Waals surface area contributed by atoms with Gasteiger partial charge in [0.15, 0.2) is 5.82 Å². The Labute approximate surface area is 217 Å². The Morgan fingerprint density at radius 1 is 0.974 bits per heavy atom. The second-order valence-electron chi connectivity index (χ2n) is 8.18. The van der Waals surface area contributed by atoms with Gasteiger partial charge in [0.05, 0.1) is 27.6 Å². The summed E-state index contributed by atoms with van der Waals surface area (Å²) >= 11 is 0. The first-order valence-corrected chi connectivity index (χ1v) is 11.3. The van der Waals surface area contributed by atoms with E-state index in [-0.39, 0.29) is 28.3 Å². The van der Waals surface area contributed by atoms with Gasteiger partial charge in [0.1, 0.15) is 11.9 Å². The van der Waals surface area contributed by atoms with Gasteiger partial charge in [0.2, 0.25) is 5.88 Å². The third-order valence-electron chi connectivity index (χ3n) is 5.56. The molecule has 0 unspecified atom stereocenters. The molecule has 0 aliphatic heterocycles. The highest BCUT2D eigenvalue weighted by Gasteiger charge is 2.31. The second kappa shape index (κ2) is 10.2. The molecule has 194 valence electrons. The van der Waals surface area contributed by atoms with E-state index in [9.17, 15) is 28.1 Å². The summed E-state index contributed by atoms with van der Waals surface area (Å²) in [5.41, 5.74) is -0.651. The number of benzene rings is 3. The molecule has 0 aliphatic rings. The molecule has 0 fully saturated rings. The fourth-order valence-electron chi connectivity index (χ4n) is 3.66. The maximum Gasteiger partial charge on any atom is 0.416 e. The molecule has 0 atom stereocenters. The van der Waals surface area contributed by atoms with Crippen LogP contribution in [0.5, 0.6) is 11.6 Å². The quantitative estimate of drug-likeness (QED) is 0.150. The van der Waals surface area contributed by atoms with Gasteiger partial charge in [-0.05, 0) is 54.1 Å². The fourth-order valence-corrected chi connectivity index (χ4v) is 3.66. The monoisotopic (exact) mass is 531 g/mol. The number of para-hydroxylation sites is 1. The molecule has 5 rings (SSSR count). The van der Waals surface area contributed by atoms with Crippen LogP contribution in [-0.4, -0.2) is 25.8 Å². The van der Waals surface area contributed by atoms with E-state index < -0.39 is 22.2 Å². The van der Waals surface area contributed by atoms with Crippen molar-refractivity contribution in [2.75, 3.05) is 0 Å². The Kier molecular flexibility index (Phi) is 6.59.